The minimum atomic E-state index is -0.237. The number of amides is 1. The molecule has 108 valence electrons. The number of nitrogens with one attached hydrogen (secondary N) is 1. The zero-order valence-corrected chi connectivity index (χ0v) is 12.8. The van der Waals surface area contributed by atoms with Gasteiger partial charge in [-0.3, -0.25) is 9.59 Å². The second kappa shape index (κ2) is 6.70. The zero-order valence-electron chi connectivity index (χ0n) is 11.3. The second-order valence-electron chi connectivity index (χ2n) is 4.53. The van der Waals surface area contributed by atoms with Gasteiger partial charge in [-0.1, -0.05) is 23.2 Å². The van der Waals surface area contributed by atoms with Gasteiger partial charge in [-0.2, -0.15) is 4.57 Å². The molecule has 0 bridgehead atoms. The minimum absolute atomic E-state index is 0.0496. The van der Waals surface area contributed by atoms with Crippen LogP contribution < -0.4 is 9.88 Å². The molecule has 0 radical (unpaired) electrons. The van der Waals surface area contributed by atoms with Gasteiger partial charge < -0.3 is 5.32 Å². The lowest BCUT2D eigenvalue weighted by molar-refractivity contribution is -0.684. The standard InChI is InChI=1S/C15H12Cl2N2O2/c1-10(20)11-3-2-4-19(8-11)9-15(21)18-14-6-12(16)5-13(17)7-14/h2-8H,9H2,1H3/p+1. The Morgan fingerprint density at radius 2 is 1.86 bits per heavy atom. The van der Waals surface area contributed by atoms with E-state index in [9.17, 15) is 9.59 Å². The molecule has 0 spiro atoms. The number of carbonyl (C=O) groups excluding carboxylic acids is 2. The van der Waals surface area contributed by atoms with Crippen LogP contribution in [0.4, 0.5) is 5.69 Å². The molecule has 1 heterocycles. The van der Waals surface area contributed by atoms with Crippen LogP contribution in [0.1, 0.15) is 17.3 Å². The fourth-order valence-electron chi connectivity index (χ4n) is 1.82. The van der Waals surface area contributed by atoms with Gasteiger partial charge in [0.25, 0.3) is 5.91 Å². The molecule has 0 atom stereocenters. The largest absolute Gasteiger partial charge is 0.320 e. The third-order valence-corrected chi connectivity index (χ3v) is 3.17. The van der Waals surface area contributed by atoms with Crippen molar-refractivity contribution in [3.63, 3.8) is 0 Å². The number of hydrogen-bond acceptors (Lipinski definition) is 2. The number of rotatable bonds is 4. The summed E-state index contributed by atoms with van der Waals surface area (Å²) in [5, 5.41) is 3.60. The first-order valence-corrected chi connectivity index (χ1v) is 6.95. The lowest BCUT2D eigenvalue weighted by Crippen LogP contribution is -2.40. The highest BCUT2D eigenvalue weighted by Gasteiger charge is 2.12. The summed E-state index contributed by atoms with van der Waals surface area (Å²) in [5.74, 6) is -0.287. The van der Waals surface area contributed by atoms with Gasteiger partial charge in [0, 0.05) is 21.8 Å². The van der Waals surface area contributed by atoms with E-state index < -0.39 is 0 Å². The van der Waals surface area contributed by atoms with Crippen LogP contribution in [-0.2, 0) is 11.3 Å². The van der Waals surface area contributed by atoms with Crippen LogP contribution >= 0.6 is 23.2 Å². The maximum absolute atomic E-state index is 12.0. The van der Waals surface area contributed by atoms with E-state index in [0.717, 1.165) is 0 Å². The predicted molar refractivity (Wildman–Crippen MR) is 81.7 cm³/mol. The van der Waals surface area contributed by atoms with E-state index in [2.05, 4.69) is 5.32 Å². The number of aromatic nitrogens is 1. The van der Waals surface area contributed by atoms with Gasteiger partial charge in [0.15, 0.2) is 18.2 Å². The van der Waals surface area contributed by atoms with Crippen LogP contribution in [0, 0.1) is 0 Å². The van der Waals surface area contributed by atoms with Crippen molar-refractivity contribution in [2.45, 2.75) is 13.5 Å². The third kappa shape index (κ3) is 4.55. The molecule has 2 rings (SSSR count). The van der Waals surface area contributed by atoms with Crippen LogP contribution in [-0.4, -0.2) is 11.7 Å². The van der Waals surface area contributed by atoms with Gasteiger partial charge in [0.1, 0.15) is 0 Å². The summed E-state index contributed by atoms with van der Waals surface area (Å²) in [6.45, 7) is 1.57. The quantitative estimate of drug-likeness (QED) is 0.694. The van der Waals surface area contributed by atoms with Crippen molar-refractivity contribution in [3.8, 4) is 0 Å². The first-order chi connectivity index (χ1) is 9.94. The Morgan fingerprint density at radius 3 is 2.48 bits per heavy atom. The first-order valence-electron chi connectivity index (χ1n) is 6.20. The Kier molecular flexibility index (Phi) is 4.94. The SMILES string of the molecule is CC(=O)c1ccc[n+](CC(=O)Nc2cc(Cl)cc(Cl)c2)c1. The lowest BCUT2D eigenvalue weighted by atomic mass is 10.2. The van der Waals surface area contributed by atoms with Crippen LogP contribution in [0.3, 0.4) is 0 Å². The highest BCUT2D eigenvalue weighted by atomic mass is 35.5. The predicted octanol–water partition coefficient (Wildman–Crippen LogP) is 3.12. The molecule has 0 aliphatic heterocycles. The summed E-state index contributed by atoms with van der Waals surface area (Å²) in [5.41, 5.74) is 1.08. The summed E-state index contributed by atoms with van der Waals surface area (Å²) < 4.78 is 1.64. The fraction of sp³-hybridized carbons (Fsp3) is 0.133. The normalized spacial score (nSPS) is 10.2. The number of carbonyl (C=O) groups is 2. The van der Waals surface area contributed by atoms with Gasteiger partial charge in [0.05, 0.1) is 5.56 Å². The maximum Gasteiger partial charge on any atom is 0.290 e. The van der Waals surface area contributed by atoms with Crippen LogP contribution in [0.15, 0.2) is 42.7 Å². The number of benzene rings is 1. The molecule has 0 fully saturated rings. The Balaban J connectivity index is 2.08. The highest BCUT2D eigenvalue weighted by Crippen LogP contribution is 2.22. The summed E-state index contributed by atoms with van der Waals surface area (Å²) in [6.07, 6.45) is 3.35. The molecule has 0 saturated carbocycles. The summed E-state index contributed by atoms with van der Waals surface area (Å²) >= 11 is 11.7. The van der Waals surface area contributed by atoms with Crippen LogP contribution in [0.2, 0.25) is 10.0 Å². The Labute approximate surface area is 132 Å². The topological polar surface area (TPSA) is 50.0 Å². The molecule has 2 aromatic rings. The van der Waals surface area contributed by atoms with Crippen molar-refractivity contribution in [3.05, 3.63) is 58.3 Å². The molecular formula is C15H13Cl2N2O2+. The highest BCUT2D eigenvalue weighted by molar-refractivity contribution is 6.35. The number of Topliss-reactive ketones (excluding diaryl/α,β-unsaturated/α-hetero) is 1. The number of ketones is 1. The van der Waals surface area contributed by atoms with E-state index >= 15 is 0 Å². The molecule has 1 aromatic carbocycles. The van der Waals surface area contributed by atoms with Crippen LogP contribution in [0.5, 0.6) is 0 Å². The molecule has 4 nitrogen and oxygen atoms in total. The van der Waals surface area contributed by atoms with E-state index in [4.69, 9.17) is 23.2 Å². The molecule has 0 aliphatic rings. The van der Waals surface area contributed by atoms with E-state index in [1.165, 1.54) is 6.92 Å². The van der Waals surface area contributed by atoms with Gasteiger partial charge in [-0.15, -0.1) is 0 Å². The average Bonchev–Trinajstić information content (AvgIpc) is 2.37. The summed E-state index contributed by atoms with van der Waals surface area (Å²) in [7, 11) is 0. The molecule has 0 unspecified atom stereocenters. The monoisotopic (exact) mass is 323 g/mol. The number of hydrogen-bond donors (Lipinski definition) is 1. The summed E-state index contributed by atoms with van der Waals surface area (Å²) in [4.78, 5) is 23.3. The van der Waals surface area contributed by atoms with Gasteiger partial charge in [0.2, 0.25) is 6.54 Å². The van der Waals surface area contributed by atoms with Crippen molar-refractivity contribution < 1.29 is 14.2 Å². The number of halogens is 2. The van der Waals surface area contributed by atoms with E-state index in [-0.39, 0.29) is 18.2 Å². The van der Waals surface area contributed by atoms with Crippen molar-refractivity contribution in [2.24, 2.45) is 0 Å². The van der Waals surface area contributed by atoms with Gasteiger partial charge in [-0.05, 0) is 31.2 Å². The number of nitrogens with zero attached hydrogens (tertiary/aromatic N) is 1. The van der Waals surface area contributed by atoms with Gasteiger partial charge in [-0.25, -0.2) is 0 Å². The first kappa shape index (κ1) is 15.5. The number of pyridine rings is 1. The maximum atomic E-state index is 12.0. The summed E-state index contributed by atoms with van der Waals surface area (Å²) in [6, 6.07) is 8.24. The van der Waals surface area contributed by atoms with Crippen molar-refractivity contribution in [1.29, 1.82) is 0 Å². The molecule has 21 heavy (non-hydrogen) atoms. The second-order valence-corrected chi connectivity index (χ2v) is 5.40. The minimum Gasteiger partial charge on any atom is -0.320 e. The molecule has 1 N–H and O–H groups in total. The van der Waals surface area contributed by atoms with E-state index in [1.807, 2.05) is 0 Å². The van der Waals surface area contributed by atoms with Crippen molar-refractivity contribution >= 4 is 40.6 Å². The van der Waals surface area contributed by atoms with Crippen molar-refractivity contribution in [2.75, 3.05) is 5.32 Å². The molecule has 0 aliphatic carbocycles. The molecule has 0 saturated heterocycles. The van der Waals surface area contributed by atoms with E-state index in [1.54, 1.807) is 47.3 Å². The molecular weight excluding hydrogens is 311 g/mol. The lowest BCUT2D eigenvalue weighted by Gasteiger charge is -2.04. The average molecular weight is 324 g/mol. The number of anilines is 1. The Hall–Kier alpha value is -1.91. The Morgan fingerprint density at radius 1 is 1.19 bits per heavy atom. The van der Waals surface area contributed by atoms with Crippen molar-refractivity contribution in [1.82, 2.24) is 0 Å². The molecule has 1 amide bonds. The molecule has 1 aromatic heterocycles. The van der Waals surface area contributed by atoms with E-state index in [0.29, 0.717) is 21.3 Å². The smallest absolute Gasteiger partial charge is 0.290 e. The fourth-order valence-corrected chi connectivity index (χ4v) is 2.35. The van der Waals surface area contributed by atoms with Crippen LogP contribution in [0.25, 0.3) is 0 Å². The van der Waals surface area contributed by atoms with Gasteiger partial charge >= 0.3 is 0 Å². The Bertz CT molecular complexity index is 682. The molecule has 6 heteroatoms. The zero-order chi connectivity index (χ0) is 15.4. The third-order valence-electron chi connectivity index (χ3n) is 2.74.